The predicted molar refractivity (Wildman–Crippen MR) is 55.8 cm³/mol. The number of hydrogen-bond donors (Lipinski definition) is 1. The zero-order valence-corrected chi connectivity index (χ0v) is 9.21. The molecule has 1 unspecified atom stereocenters. The van der Waals surface area contributed by atoms with Crippen LogP contribution in [-0.4, -0.2) is 23.4 Å². The highest BCUT2D eigenvalue weighted by atomic mass is 16.5. The Balaban J connectivity index is 4.01. The lowest BCUT2D eigenvalue weighted by Crippen LogP contribution is -2.26. The first-order valence-electron chi connectivity index (χ1n) is 4.95. The Kier molecular flexibility index (Phi) is 6.00. The van der Waals surface area contributed by atoms with E-state index in [-0.39, 0.29) is 18.3 Å². The van der Waals surface area contributed by atoms with Crippen molar-refractivity contribution in [2.75, 3.05) is 6.61 Å². The van der Waals surface area contributed by atoms with E-state index in [1.807, 2.05) is 26.8 Å². The van der Waals surface area contributed by atoms with E-state index in [2.05, 4.69) is 6.92 Å². The predicted octanol–water partition coefficient (Wildman–Crippen LogP) is 2.52. The Morgan fingerprint density at radius 2 is 2.00 bits per heavy atom. The maximum absolute atomic E-state index is 8.64. The van der Waals surface area contributed by atoms with E-state index in [1.54, 1.807) is 6.08 Å². The molecular formula is C11H22O2. The van der Waals surface area contributed by atoms with Gasteiger partial charge in [-0.1, -0.05) is 25.5 Å². The molecule has 2 heteroatoms. The average molecular weight is 186 g/mol. The van der Waals surface area contributed by atoms with E-state index in [0.717, 1.165) is 12.8 Å². The maximum atomic E-state index is 8.64. The van der Waals surface area contributed by atoms with Gasteiger partial charge in [-0.25, -0.2) is 0 Å². The van der Waals surface area contributed by atoms with Crippen molar-refractivity contribution in [3.8, 4) is 0 Å². The van der Waals surface area contributed by atoms with Crippen molar-refractivity contribution in [2.24, 2.45) is 0 Å². The van der Waals surface area contributed by atoms with E-state index in [4.69, 9.17) is 9.84 Å². The molecule has 1 N–H and O–H groups in total. The highest BCUT2D eigenvalue weighted by Crippen LogP contribution is 2.15. The maximum Gasteiger partial charge on any atom is 0.0763 e. The summed E-state index contributed by atoms with van der Waals surface area (Å²) >= 11 is 0. The van der Waals surface area contributed by atoms with Gasteiger partial charge in [-0.15, -0.1) is 0 Å². The van der Waals surface area contributed by atoms with Crippen LogP contribution in [-0.2, 0) is 4.74 Å². The summed E-state index contributed by atoms with van der Waals surface area (Å²) in [6.45, 7) is 8.35. The summed E-state index contributed by atoms with van der Waals surface area (Å²) in [4.78, 5) is 0. The van der Waals surface area contributed by atoms with Gasteiger partial charge >= 0.3 is 0 Å². The summed E-state index contributed by atoms with van der Waals surface area (Å²) in [6, 6.07) is 0. The van der Waals surface area contributed by atoms with Crippen LogP contribution in [0.15, 0.2) is 12.2 Å². The minimum Gasteiger partial charge on any atom is -0.392 e. The van der Waals surface area contributed by atoms with Crippen LogP contribution in [0.3, 0.4) is 0 Å². The van der Waals surface area contributed by atoms with Gasteiger partial charge in [-0.05, 0) is 27.2 Å². The molecule has 0 aliphatic carbocycles. The van der Waals surface area contributed by atoms with Gasteiger partial charge in [0.1, 0.15) is 0 Å². The van der Waals surface area contributed by atoms with E-state index >= 15 is 0 Å². The van der Waals surface area contributed by atoms with Crippen molar-refractivity contribution in [1.29, 1.82) is 0 Å². The van der Waals surface area contributed by atoms with Gasteiger partial charge in [0.2, 0.25) is 0 Å². The van der Waals surface area contributed by atoms with E-state index in [0.29, 0.717) is 0 Å². The number of rotatable bonds is 5. The summed E-state index contributed by atoms with van der Waals surface area (Å²) in [5.74, 6) is 0. The minimum absolute atomic E-state index is 0.0910. The quantitative estimate of drug-likeness (QED) is 0.668. The van der Waals surface area contributed by atoms with Gasteiger partial charge < -0.3 is 9.84 Å². The zero-order valence-electron chi connectivity index (χ0n) is 9.21. The van der Waals surface area contributed by atoms with Crippen LogP contribution in [0.4, 0.5) is 0 Å². The van der Waals surface area contributed by atoms with Crippen molar-refractivity contribution in [2.45, 2.75) is 52.2 Å². The molecule has 0 aromatic rings. The largest absolute Gasteiger partial charge is 0.392 e. The molecule has 13 heavy (non-hydrogen) atoms. The fourth-order valence-corrected chi connectivity index (χ4v) is 1.15. The lowest BCUT2D eigenvalue weighted by atomic mass is 10.1. The summed E-state index contributed by atoms with van der Waals surface area (Å²) in [6.07, 6.45) is 5.92. The van der Waals surface area contributed by atoms with E-state index in [9.17, 15) is 0 Å². The molecule has 0 aliphatic heterocycles. The van der Waals surface area contributed by atoms with Crippen LogP contribution in [0.25, 0.3) is 0 Å². The first-order chi connectivity index (χ1) is 5.99. The Bertz CT molecular complexity index is 145. The molecular weight excluding hydrogens is 164 g/mol. The third kappa shape index (κ3) is 8.00. The molecule has 2 nitrogen and oxygen atoms in total. The number of aliphatic hydroxyl groups excluding tert-OH is 1. The highest BCUT2D eigenvalue weighted by Gasteiger charge is 2.15. The van der Waals surface area contributed by atoms with Crippen molar-refractivity contribution in [3.63, 3.8) is 0 Å². The van der Waals surface area contributed by atoms with Crippen LogP contribution < -0.4 is 0 Å². The van der Waals surface area contributed by atoms with Crippen molar-refractivity contribution >= 4 is 0 Å². The third-order valence-corrected chi connectivity index (χ3v) is 1.53. The van der Waals surface area contributed by atoms with Gasteiger partial charge in [0.05, 0.1) is 18.3 Å². The number of hydrogen-bond acceptors (Lipinski definition) is 2. The lowest BCUT2D eigenvalue weighted by molar-refractivity contribution is -0.0412. The first kappa shape index (κ1) is 12.7. The fourth-order valence-electron chi connectivity index (χ4n) is 1.15. The summed E-state index contributed by atoms with van der Waals surface area (Å²) < 4.78 is 5.78. The fraction of sp³-hybridized carbons (Fsp3) is 0.818. The van der Waals surface area contributed by atoms with Crippen LogP contribution in [0.2, 0.25) is 0 Å². The Labute approximate surface area is 81.6 Å². The standard InChI is InChI=1S/C11H22O2/c1-5-7-10(8-6-9-12)13-11(2,3)4/h6,8,10,12H,5,7,9H2,1-4H3/b8-6-. The SMILES string of the molecule is CCCC(/C=C\CO)OC(C)(C)C. The monoisotopic (exact) mass is 186 g/mol. The molecule has 0 aliphatic rings. The molecule has 0 spiro atoms. The molecule has 0 amide bonds. The highest BCUT2D eigenvalue weighted by molar-refractivity contribution is 4.90. The Morgan fingerprint density at radius 3 is 2.38 bits per heavy atom. The molecule has 0 bridgehead atoms. The van der Waals surface area contributed by atoms with Crippen molar-refractivity contribution in [3.05, 3.63) is 12.2 Å². The summed E-state index contributed by atoms with van der Waals surface area (Å²) in [5.41, 5.74) is -0.111. The second-order valence-electron chi connectivity index (χ2n) is 4.17. The molecule has 0 aromatic heterocycles. The molecule has 1 atom stereocenters. The van der Waals surface area contributed by atoms with Crippen LogP contribution in [0.1, 0.15) is 40.5 Å². The van der Waals surface area contributed by atoms with Gasteiger partial charge in [0, 0.05) is 0 Å². The molecule has 0 rings (SSSR count). The van der Waals surface area contributed by atoms with Crippen LogP contribution in [0, 0.1) is 0 Å². The number of ether oxygens (including phenoxy) is 1. The molecule has 0 saturated heterocycles. The normalized spacial score (nSPS) is 15.2. The van der Waals surface area contributed by atoms with Crippen LogP contribution in [0.5, 0.6) is 0 Å². The molecule has 78 valence electrons. The second kappa shape index (κ2) is 6.17. The minimum atomic E-state index is -0.111. The van der Waals surface area contributed by atoms with E-state index in [1.165, 1.54) is 0 Å². The van der Waals surface area contributed by atoms with E-state index < -0.39 is 0 Å². The molecule has 0 saturated carbocycles. The van der Waals surface area contributed by atoms with Gasteiger partial charge in [-0.3, -0.25) is 0 Å². The lowest BCUT2D eigenvalue weighted by Gasteiger charge is -2.25. The first-order valence-corrected chi connectivity index (χ1v) is 4.95. The summed E-state index contributed by atoms with van der Waals surface area (Å²) in [7, 11) is 0. The zero-order chi connectivity index (χ0) is 10.3. The molecule has 0 heterocycles. The van der Waals surface area contributed by atoms with Crippen molar-refractivity contribution in [1.82, 2.24) is 0 Å². The van der Waals surface area contributed by atoms with Gasteiger partial charge in [0.15, 0.2) is 0 Å². The van der Waals surface area contributed by atoms with Crippen LogP contribution >= 0.6 is 0 Å². The van der Waals surface area contributed by atoms with Gasteiger partial charge in [0.25, 0.3) is 0 Å². The molecule has 0 fully saturated rings. The van der Waals surface area contributed by atoms with Crippen molar-refractivity contribution < 1.29 is 9.84 Å². The molecule has 0 aromatic carbocycles. The molecule has 0 radical (unpaired) electrons. The second-order valence-corrected chi connectivity index (χ2v) is 4.17. The Hall–Kier alpha value is -0.340. The topological polar surface area (TPSA) is 29.5 Å². The third-order valence-electron chi connectivity index (χ3n) is 1.53. The average Bonchev–Trinajstić information content (AvgIpc) is 1.98. The summed E-state index contributed by atoms with van der Waals surface area (Å²) in [5, 5.41) is 8.64. The number of aliphatic hydroxyl groups is 1. The smallest absolute Gasteiger partial charge is 0.0763 e. The Morgan fingerprint density at radius 1 is 1.38 bits per heavy atom. The van der Waals surface area contributed by atoms with Gasteiger partial charge in [-0.2, -0.15) is 0 Å².